The predicted octanol–water partition coefficient (Wildman–Crippen LogP) is 1.09. The van der Waals surface area contributed by atoms with Gasteiger partial charge in [0.15, 0.2) is 0 Å². The van der Waals surface area contributed by atoms with E-state index in [4.69, 9.17) is 4.84 Å². The number of H-pyrrole nitrogens is 1. The highest BCUT2D eigenvalue weighted by Gasteiger charge is 1.94. The zero-order valence-electron chi connectivity index (χ0n) is 7.50. The topological polar surface area (TPSA) is 49.9 Å². The summed E-state index contributed by atoms with van der Waals surface area (Å²) in [4.78, 5) is 12.0. The van der Waals surface area contributed by atoms with Gasteiger partial charge in [0.1, 0.15) is 0 Å². The molecule has 68 valence electrons. The second-order valence-corrected chi connectivity index (χ2v) is 3.10. The molecule has 0 spiro atoms. The van der Waals surface area contributed by atoms with E-state index in [9.17, 15) is 0 Å². The van der Waals surface area contributed by atoms with E-state index >= 15 is 0 Å². The number of hydrogen-bond acceptors (Lipinski definition) is 3. The summed E-state index contributed by atoms with van der Waals surface area (Å²) >= 11 is 0. The van der Waals surface area contributed by atoms with Crippen molar-refractivity contribution in [3.63, 3.8) is 0 Å². The first-order valence-electron chi connectivity index (χ1n) is 4.11. The van der Waals surface area contributed by atoms with Crippen LogP contribution in [0.4, 0.5) is 0 Å². The highest BCUT2D eigenvalue weighted by atomic mass is 16.6. The molecule has 0 unspecified atom stereocenters. The normalized spacial score (nSPS) is 10.9. The van der Waals surface area contributed by atoms with Crippen molar-refractivity contribution in [1.82, 2.24) is 15.4 Å². The summed E-state index contributed by atoms with van der Waals surface area (Å²) in [5, 5.41) is 0. The standard InChI is InChI=1S/C8H15N3O/c1-7(2)5-12-11-4-8-3-9-6-10-8/h3,6-7,11H,4-5H2,1-2H3,(H,9,10). The maximum absolute atomic E-state index is 5.17. The minimum Gasteiger partial charge on any atom is -0.347 e. The van der Waals surface area contributed by atoms with Gasteiger partial charge in [-0.05, 0) is 5.92 Å². The Morgan fingerprint density at radius 2 is 2.50 bits per heavy atom. The zero-order chi connectivity index (χ0) is 8.81. The summed E-state index contributed by atoms with van der Waals surface area (Å²) in [6.07, 6.45) is 3.42. The molecule has 0 aliphatic heterocycles. The number of aromatic amines is 1. The molecule has 1 heterocycles. The number of nitrogens with one attached hydrogen (secondary N) is 2. The van der Waals surface area contributed by atoms with E-state index in [-0.39, 0.29) is 0 Å². The second kappa shape index (κ2) is 4.90. The number of nitrogens with zero attached hydrogens (tertiary/aromatic N) is 1. The molecule has 12 heavy (non-hydrogen) atoms. The van der Waals surface area contributed by atoms with Gasteiger partial charge in [-0.25, -0.2) is 4.98 Å². The molecule has 1 aromatic heterocycles. The first kappa shape index (κ1) is 9.22. The van der Waals surface area contributed by atoms with Gasteiger partial charge >= 0.3 is 0 Å². The quantitative estimate of drug-likeness (QED) is 0.512. The Morgan fingerprint density at radius 1 is 1.67 bits per heavy atom. The van der Waals surface area contributed by atoms with E-state index in [1.165, 1.54) is 0 Å². The lowest BCUT2D eigenvalue weighted by Gasteiger charge is -2.06. The monoisotopic (exact) mass is 169 g/mol. The zero-order valence-corrected chi connectivity index (χ0v) is 7.50. The van der Waals surface area contributed by atoms with Crippen molar-refractivity contribution in [3.05, 3.63) is 18.2 Å². The molecule has 2 N–H and O–H groups in total. The Kier molecular flexibility index (Phi) is 3.76. The highest BCUT2D eigenvalue weighted by Crippen LogP contribution is 1.92. The van der Waals surface area contributed by atoms with Crippen LogP contribution in [0.3, 0.4) is 0 Å². The highest BCUT2D eigenvalue weighted by molar-refractivity contribution is 4.92. The van der Waals surface area contributed by atoms with E-state index < -0.39 is 0 Å². The molecule has 0 radical (unpaired) electrons. The molecule has 0 fully saturated rings. The van der Waals surface area contributed by atoms with E-state index in [2.05, 4.69) is 29.3 Å². The van der Waals surface area contributed by atoms with Crippen molar-refractivity contribution in [2.24, 2.45) is 5.92 Å². The van der Waals surface area contributed by atoms with Gasteiger partial charge in [0.05, 0.1) is 25.2 Å². The molecule has 4 heteroatoms. The van der Waals surface area contributed by atoms with Crippen LogP contribution >= 0.6 is 0 Å². The largest absolute Gasteiger partial charge is 0.347 e. The van der Waals surface area contributed by atoms with Gasteiger partial charge in [0.2, 0.25) is 0 Å². The predicted molar refractivity (Wildman–Crippen MR) is 46.2 cm³/mol. The van der Waals surface area contributed by atoms with Crippen LogP contribution in [0.2, 0.25) is 0 Å². The van der Waals surface area contributed by atoms with Crippen LogP contribution in [-0.2, 0) is 11.4 Å². The Morgan fingerprint density at radius 3 is 3.08 bits per heavy atom. The maximum atomic E-state index is 5.17. The van der Waals surface area contributed by atoms with Gasteiger partial charge in [-0.3, -0.25) is 0 Å². The van der Waals surface area contributed by atoms with Crippen LogP contribution in [-0.4, -0.2) is 16.6 Å². The Hall–Kier alpha value is -0.870. The minimum absolute atomic E-state index is 0.555. The Bertz CT molecular complexity index is 196. The van der Waals surface area contributed by atoms with Gasteiger partial charge in [-0.2, -0.15) is 5.48 Å². The summed E-state index contributed by atoms with van der Waals surface area (Å²) in [7, 11) is 0. The smallest absolute Gasteiger partial charge is 0.0922 e. The van der Waals surface area contributed by atoms with Gasteiger partial charge < -0.3 is 9.82 Å². The number of hydroxylamine groups is 1. The maximum Gasteiger partial charge on any atom is 0.0922 e. The lowest BCUT2D eigenvalue weighted by molar-refractivity contribution is 0.0191. The molecule has 0 aliphatic rings. The first-order valence-corrected chi connectivity index (χ1v) is 4.11. The molecule has 0 bridgehead atoms. The Balaban J connectivity index is 2.04. The average Bonchev–Trinajstić information content (AvgIpc) is 2.49. The molecule has 0 saturated carbocycles. The fourth-order valence-electron chi connectivity index (χ4n) is 0.736. The molecule has 1 rings (SSSR count). The van der Waals surface area contributed by atoms with Crippen molar-refractivity contribution < 1.29 is 4.84 Å². The fraction of sp³-hybridized carbons (Fsp3) is 0.625. The summed E-state index contributed by atoms with van der Waals surface area (Å²) in [6.45, 7) is 5.62. The molecule has 0 aliphatic carbocycles. The molecule has 0 aromatic carbocycles. The van der Waals surface area contributed by atoms with Crippen molar-refractivity contribution in [2.45, 2.75) is 20.4 Å². The van der Waals surface area contributed by atoms with Crippen LogP contribution in [0.5, 0.6) is 0 Å². The minimum atomic E-state index is 0.555. The van der Waals surface area contributed by atoms with Crippen LogP contribution in [0, 0.1) is 5.92 Å². The SMILES string of the molecule is CC(C)CONCc1cnc[nH]1. The molecule has 0 atom stereocenters. The number of aromatic nitrogens is 2. The fourth-order valence-corrected chi connectivity index (χ4v) is 0.736. The molecular formula is C8H15N3O. The average molecular weight is 169 g/mol. The lowest BCUT2D eigenvalue weighted by atomic mass is 10.2. The van der Waals surface area contributed by atoms with E-state index in [1.54, 1.807) is 12.5 Å². The third kappa shape index (κ3) is 3.50. The summed E-state index contributed by atoms with van der Waals surface area (Å²) < 4.78 is 0. The van der Waals surface area contributed by atoms with E-state index in [0.29, 0.717) is 12.5 Å². The van der Waals surface area contributed by atoms with Gasteiger partial charge in [-0.1, -0.05) is 13.8 Å². The summed E-state index contributed by atoms with van der Waals surface area (Å²) in [6, 6.07) is 0. The van der Waals surface area contributed by atoms with Crippen molar-refractivity contribution in [3.8, 4) is 0 Å². The van der Waals surface area contributed by atoms with Crippen LogP contribution in [0.1, 0.15) is 19.5 Å². The van der Waals surface area contributed by atoms with Gasteiger partial charge in [0.25, 0.3) is 0 Å². The Labute approximate surface area is 72.3 Å². The number of hydrogen-bond donors (Lipinski definition) is 2. The third-order valence-corrected chi connectivity index (χ3v) is 1.34. The van der Waals surface area contributed by atoms with Crippen molar-refractivity contribution >= 4 is 0 Å². The molecule has 0 saturated heterocycles. The second-order valence-electron chi connectivity index (χ2n) is 3.10. The summed E-state index contributed by atoms with van der Waals surface area (Å²) in [5.41, 5.74) is 3.87. The first-order chi connectivity index (χ1) is 5.79. The van der Waals surface area contributed by atoms with Crippen LogP contribution in [0.15, 0.2) is 12.5 Å². The molecule has 0 amide bonds. The van der Waals surface area contributed by atoms with Crippen LogP contribution < -0.4 is 5.48 Å². The molecule has 4 nitrogen and oxygen atoms in total. The molecular weight excluding hydrogens is 154 g/mol. The van der Waals surface area contributed by atoms with Crippen LogP contribution in [0.25, 0.3) is 0 Å². The van der Waals surface area contributed by atoms with Crippen molar-refractivity contribution in [1.29, 1.82) is 0 Å². The van der Waals surface area contributed by atoms with Crippen molar-refractivity contribution in [2.75, 3.05) is 6.61 Å². The number of imidazole rings is 1. The third-order valence-electron chi connectivity index (χ3n) is 1.34. The molecule has 1 aromatic rings. The summed E-state index contributed by atoms with van der Waals surface area (Å²) in [5.74, 6) is 0.555. The number of rotatable bonds is 5. The lowest BCUT2D eigenvalue weighted by Crippen LogP contribution is -2.17. The van der Waals surface area contributed by atoms with E-state index in [0.717, 1.165) is 12.3 Å². The van der Waals surface area contributed by atoms with Gasteiger partial charge in [0, 0.05) is 6.20 Å². The van der Waals surface area contributed by atoms with E-state index in [1.807, 2.05) is 0 Å². The van der Waals surface area contributed by atoms with Gasteiger partial charge in [-0.15, -0.1) is 0 Å².